The SMILES string of the molecule is NCC1COCCN1CC(F)(F)c1ccccc1. The maximum absolute atomic E-state index is 14.1. The molecule has 0 aromatic heterocycles. The molecule has 1 aromatic carbocycles. The van der Waals surface area contributed by atoms with Crippen LogP contribution in [0.2, 0.25) is 0 Å². The summed E-state index contributed by atoms with van der Waals surface area (Å²) in [5, 5.41) is 0. The summed E-state index contributed by atoms with van der Waals surface area (Å²) in [7, 11) is 0. The molecular formula is C13H18F2N2O. The molecule has 1 aliphatic heterocycles. The van der Waals surface area contributed by atoms with Gasteiger partial charge in [0.05, 0.1) is 19.8 Å². The Morgan fingerprint density at radius 2 is 2.06 bits per heavy atom. The van der Waals surface area contributed by atoms with Crippen LogP contribution in [0.1, 0.15) is 5.56 Å². The third kappa shape index (κ3) is 3.04. The standard InChI is InChI=1S/C13H18F2N2O/c14-13(15,11-4-2-1-3-5-11)10-17-6-7-18-9-12(17)8-16/h1-5,12H,6-10,16H2. The molecule has 1 heterocycles. The van der Waals surface area contributed by atoms with Gasteiger partial charge >= 0.3 is 0 Å². The minimum absolute atomic E-state index is 0.0484. The fraction of sp³-hybridized carbons (Fsp3) is 0.538. The summed E-state index contributed by atoms with van der Waals surface area (Å²) in [6, 6.07) is 7.78. The van der Waals surface area contributed by atoms with Crippen molar-refractivity contribution in [1.29, 1.82) is 0 Å². The first-order valence-electron chi connectivity index (χ1n) is 6.08. The molecule has 2 N–H and O–H groups in total. The number of alkyl halides is 2. The molecular weight excluding hydrogens is 238 g/mol. The lowest BCUT2D eigenvalue weighted by Crippen LogP contribution is -2.52. The largest absolute Gasteiger partial charge is 0.378 e. The Labute approximate surface area is 106 Å². The molecule has 1 fully saturated rings. The molecule has 1 unspecified atom stereocenters. The van der Waals surface area contributed by atoms with Gasteiger partial charge in [0.25, 0.3) is 5.92 Å². The van der Waals surface area contributed by atoms with Gasteiger partial charge in [0.15, 0.2) is 0 Å². The van der Waals surface area contributed by atoms with Crippen LogP contribution in [0.3, 0.4) is 0 Å². The molecule has 2 rings (SSSR count). The third-order valence-electron chi connectivity index (χ3n) is 3.22. The number of hydrogen-bond acceptors (Lipinski definition) is 3. The highest BCUT2D eigenvalue weighted by atomic mass is 19.3. The molecule has 0 saturated carbocycles. The number of hydrogen-bond donors (Lipinski definition) is 1. The fourth-order valence-electron chi connectivity index (χ4n) is 2.14. The fourth-order valence-corrected chi connectivity index (χ4v) is 2.14. The third-order valence-corrected chi connectivity index (χ3v) is 3.22. The first-order chi connectivity index (χ1) is 8.63. The second kappa shape index (κ2) is 5.73. The molecule has 5 heteroatoms. The average molecular weight is 256 g/mol. The van der Waals surface area contributed by atoms with E-state index in [2.05, 4.69) is 0 Å². The number of nitrogens with two attached hydrogens (primary N) is 1. The van der Waals surface area contributed by atoms with Crippen molar-refractivity contribution in [3.05, 3.63) is 35.9 Å². The van der Waals surface area contributed by atoms with E-state index in [4.69, 9.17) is 10.5 Å². The Balaban J connectivity index is 2.07. The van der Waals surface area contributed by atoms with Gasteiger partial charge in [0.2, 0.25) is 0 Å². The van der Waals surface area contributed by atoms with E-state index in [-0.39, 0.29) is 18.2 Å². The van der Waals surface area contributed by atoms with Crippen LogP contribution in [0, 0.1) is 0 Å². The minimum atomic E-state index is -2.86. The smallest absolute Gasteiger partial charge is 0.285 e. The van der Waals surface area contributed by atoms with E-state index in [1.165, 1.54) is 12.1 Å². The predicted octanol–water partition coefficient (Wildman–Crippen LogP) is 1.44. The molecule has 0 spiro atoms. The second-order valence-corrected chi connectivity index (χ2v) is 4.51. The Bertz CT molecular complexity index is 373. The molecule has 3 nitrogen and oxygen atoms in total. The van der Waals surface area contributed by atoms with Crippen LogP contribution in [-0.4, -0.2) is 43.8 Å². The van der Waals surface area contributed by atoms with Gasteiger partial charge in [0.1, 0.15) is 0 Å². The van der Waals surface area contributed by atoms with Crippen molar-refractivity contribution in [3.8, 4) is 0 Å². The number of halogens is 2. The van der Waals surface area contributed by atoms with E-state index in [1.54, 1.807) is 23.1 Å². The van der Waals surface area contributed by atoms with E-state index in [0.29, 0.717) is 26.3 Å². The van der Waals surface area contributed by atoms with Crippen LogP contribution in [-0.2, 0) is 10.7 Å². The minimum Gasteiger partial charge on any atom is -0.378 e. The lowest BCUT2D eigenvalue weighted by molar-refractivity contribution is -0.0817. The maximum Gasteiger partial charge on any atom is 0.285 e. The van der Waals surface area contributed by atoms with E-state index in [1.807, 2.05) is 0 Å². The molecule has 1 atom stereocenters. The Morgan fingerprint density at radius 3 is 2.72 bits per heavy atom. The summed E-state index contributed by atoms with van der Waals surface area (Å²) in [6.45, 7) is 1.46. The van der Waals surface area contributed by atoms with Gasteiger partial charge in [-0.25, -0.2) is 0 Å². The number of morpholine rings is 1. The molecule has 0 radical (unpaired) electrons. The van der Waals surface area contributed by atoms with Gasteiger partial charge in [-0.2, -0.15) is 8.78 Å². The lowest BCUT2D eigenvalue weighted by atomic mass is 10.1. The summed E-state index contributed by atoms with van der Waals surface area (Å²) < 4.78 is 33.5. The number of nitrogens with zero attached hydrogens (tertiary/aromatic N) is 1. The van der Waals surface area contributed by atoms with E-state index < -0.39 is 5.92 Å². The highest BCUT2D eigenvalue weighted by Crippen LogP contribution is 2.29. The monoisotopic (exact) mass is 256 g/mol. The molecule has 1 saturated heterocycles. The molecule has 100 valence electrons. The molecule has 1 aromatic rings. The number of rotatable bonds is 4. The van der Waals surface area contributed by atoms with Gasteiger partial charge < -0.3 is 10.5 Å². The highest BCUT2D eigenvalue weighted by molar-refractivity contribution is 5.20. The predicted molar refractivity (Wildman–Crippen MR) is 65.6 cm³/mol. The lowest BCUT2D eigenvalue weighted by Gasteiger charge is -2.36. The van der Waals surface area contributed by atoms with E-state index in [0.717, 1.165) is 0 Å². The number of ether oxygens (including phenoxy) is 1. The molecule has 0 bridgehead atoms. The Morgan fingerprint density at radius 1 is 1.33 bits per heavy atom. The van der Waals surface area contributed by atoms with Crippen molar-refractivity contribution < 1.29 is 13.5 Å². The van der Waals surface area contributed by atoms with Gasteiger partial charge in [0, 0.05) is 24.7 Å². The first-order valence-corrected chi connectivity index (χ1v) is 6.08. The molecule has 1 aliphatic rings. The van der Waals surface area contributed by atoms with E-state index in [9.17, 15) is 8.78 Å². The molecule has 18 heavy (non-hydrogen) atoms. The molecule has 0 aliphatic carbocycles. The summed E-state index contributed by atoms with van der Waals surface area (Å²) in [5.41, 5.74) is 5.63. The topological polar surface area (TPSA) is 38.5 Å². The summed E-state index contributed by atoms with van der Waals surface area (Å²) in [5.74, 6) is -2.86. The van der Waals surface area contributed by atoms with Crippen LogP contribution in [0.25, 0.3) is 0 Å². The van der Waals surface area contributed by atoms with Crippen LogP contribution < -0.4 is 5.73 Å². The average Bonchev–Trinajstić information content (AvgIpc) is 2.40. The summed E-state index contributed by atoms with van der Waals surface area (Å²) in [6.07, 6.45) is 0. The normalized spacial score (nSPS) is 22.1. The van der Waals surface area contributed by atoms with Crippen LogP contribution >= 0.6 is 0 Å². The Kier molecular flexibility index (Phi) is 4.27. The van der Waals surface area contributed by atoms with Crippen molar-refractivity contribution >= 4 is 0 Å². The van der Waals surface area contributed by atoms with Gasteiger partial charge in [-0.15, -0.1) is 0 Å². The van der Waals surface area contributed by atoms with Crippen molar-refractivity contribution in [2.75, 3.05) is 32.8 Å². The van der Waals surface area contributed by atoms with Gasteiger partial charge in [-0.05, 0) is 0 Å². The zero-order valence-electron chi connectivity index (χ0n) is 10.2. The van der Waals surface area contributed by atoms with Crippen LogP contribution in [0.5, 0.6) is 0 Å². The summed E-state index contributed by atoms with van der Waals surface area (Å²) in [4.78, 5) is 1.72. The second-order valence-electron chi connectivity index (χ2n) is 4.51. The van der Waals surface area contributed by atoms with Crippen molar-refractivity contribution in [2.45, 2.75) is 12.0 Å². The van der Waals surface area contributed by atoms with Crippen molar-refractivity contribution in [1.82, 2.24) is 4.90 Å². The number of benzene rings is 1. The van der Waals surface area contributed by atoms with Gasteiger partial charge in [-0.1, -0.05) is 30.3 Å². The van der Waals surface area contributed by atoms with E-state index >= 15 is 0 Å². The zero-order valence-corrected chi connectivity index (χ0v) is 10.2. The zero-order chi connectivity index (χ0) is 13.0. The van der Waals surface area contributed by atoms with Gasteiger partial charge in [-0.3, -0.25) is 4.90 Å². The van der Waals surface area contributed by atoms with Crippen LogP contribution in [0.15, 0.2) is 30.3 Å². The quantitative estimate of drug-likeness (QED) is 0.886. The highest BCUT2D eigenvalue weighted by Gasteiger charge is 2.36. The maximum atomic E-state index is 14.1. The van der Waals surface area contributed by atoms with Crippen molar-refractivity contribution in [2.24, 2.45) is 5.73 Å². The Hall–Kier alpha value is -1.04. The van der Waals surface area contributed by atoms with Crippen molar-refractivity contribution in [3.63, 3.8) is 0 Å². The summed E-state index contributed by atoms with van der Waals surface area (Å²) >= 11 is 0. The first kappa shape index (κ1) is 13.4. The van der Waals surface area contributed by atoms with Crippen LogP contribution in [0.4, 0.5) is 8.78 Å². The molecule has 0 amide bonds.